The highest BCUT2D eigenvalue weighted by atomic mass is 19.4. The van der Waals surface area contributed by atoms with Crippen LogP contribution in [-0.2, 0) is 9.53 Å². The lowest BCUT2D eigenvalue weighted by Crippen LogP contribution is -2.60. The van der Waals surface area contributed by atoms with Crippen molar-refractivity contribution in [2.45, 2.75) is 19.1 Å². The van der Waals surface area contributed by atoms with Crippen molar-refractivity contribution < 1.29 is 32.6 Å². The minimum atomic E-state index is -4.60. The molecule has 1 aliphatic rings. The molecule has 1 atom stereocenters. The summed E-state index contributed by atoms with van der Waals surface area (Å²) >= 11 is 0. The van der Waals surface area contributed by atoms with Gasteiger partial charge in [0.15, 0.2) is 0 Å². The molecule has 0 aliphatic carbocycles. The van der Waals surface area contributed by atoms with Gasteiger partial charge < -0.3 is 14.7 Å². The normalized spacial score (nSPS) is 21.3. The van der Waals surface area contributed by atoms with Gasteiger partial charge in [0.2, 0.25) is 0 Å². The molecule has 0 aromatic heterocycles. The molecule has 1 amide bonds. The highest BCUT2D eigenvalue weighted by molar-refractivity contribution is 5.71. The van der Waals surface area contributed by atoms with Gasteiger partial charge in [-0.05, 0) is 6.92 Å². The summed E-state index contributed by atoms with van der Waals surface area (Å²) < 4.78 is 43.2. The van der Waals surface area contributed by atoms with E-state index in [2.05, 4.69) is 4.74 Å². The maximum atomic E-state index is 12.9. The third-order valence-electron chi connectivity index (χ3n) is 2.78. The topological polar surface area (TPSA) is 70.1 Å². The number of hydrogen-bond donors (Lipinski definition) is 1. The third kappa shape index (κ3) is 4.27. The van der Waals surface area contributed by atoms with E-state index in [9.17, 15) is 22.8 Å². The Balaban J connectivity index is 2.74. The predicted molar refractivity (Wildman–Crippen MR) is 57.6 cm³/mol. The van der Waals surface area contributed by atoms with Crippen LogP contribution in [0.25, 0.3) is 0 Å². The van der Waals surface area contributed by atoms with Gasteiger partial charge in [-0.1, -0.05) is 0 Å². The zero-order valence-corrected chi connectivity index (χ0v) is 10.3. The molecule has 0 saturated carbocycles. The van der Waals surface area contributed by atoms with E-state index in [1.54, 1.807) is 6.92 Å². The van der Waals surface area contributed by atoms with Crippen LogP contribution in [0, 0.1) is 0 Å². The van der Waals surface area contributed by atoms with Crippen LogP contribution in [0.3, 0.4) is 0 Å². The van der Waals surface area contributed by atoms with E-state index >= 15 is 0 Å². The zero-order valence-electron chi connectivity index (χ0n) is 10.3. The lowest BCUT2D eigenvalue weighted by Gasteiger charge is -2.40. The van der Waals surface area contributed by atoms with E-state index in [-0.39, 0.29) is 19.7 Å². The van der Waals surface area contributed by atoms with Crippen LogP contribution < -0.4 is 0 Å². The Morgan fingerprint density at radius 2 is 2.00 bits per heavy atom. The Bertz CT molecular complexity index is 348. The first-order chi connectivity index (χ1) is 8.75. The molecule has 0 aromatic carbocycles. The summed E-state index contributed by atoms with van der Waals surface area (Å²) in [5, 5.41) is 8.72. The lowest BCUT2D eigenvalue weighted by molar-refractivity contribution is -0.197. The monoisotopic (exact) mass is 284 g/mol. The van der Waals surface area contributed by atoms with E-state index in [0.29, 0.717) is 4.90 Å². The molecule has 0 radical (unpaired) electrons. The highest BCUT2D eigenvalue weighted by Gasteiger charge is 2.47. The molecule has 9 heteroatoms. The van der Waals surface area contributed by atoms with Crippen molar-refractivity contribution in [1.29, 1.82) is 0 Å². The SMILES string of the molecule is CCOC(=O)CN1CCN(C(=O)O)CC1C(F)(F)F. The molecule has 1 heterocycles. The third-order valence-corrected chi connectivity index (χ3v) is 2.78. The molecule has 1 rings (SSSR count). The number of alkyl halides is 3. The molecule has 1 saturated heterocycles. The first-order valence-electron chi connectivity index (χ1n) is 5.70. The Hall–Kier alpha value is -1.51. The van der Waals surface area contributed by atoms with Crippen LogP contribution in [0.5, 0.6) is 0 Å². The number of carbonyl (C=O) groups excluding carboxylic acids is 1. The van der Waals surface area contributed by atoms with Gasteiger partial charge in [0.05, 0.1) is 13.2 Å². The van der Waals surface area contributed by atoms with Crippen LogP contribution >= 0.6 is 0 Å². The fraction of sp³-hybridized carbons (Fsp3) is 0.800. The standard InChI is InChI=1S/C10H15F3N2O4/c1-2-19-8(16)6-14-3-4-15(9(17)18)5-7(14)10(11,12)13/h7H,2-6H2,1H3,(H,17,18). The van der Waals surface area contributed by atoms with Crippen molar-refractivity contribution in [3.63, 3.8) is 0 Å². The molecule has 19 heavy (non-hydrogen) atoms. The molecule has 6 nitrogen and oxygen atoms in total. The second-order valence-corrected chi connectivity index (χ2v) is 4.06. The molecule has 0 bridgehead atoms. The van der Waals surface area contributed by atoms with E-state index in [1.807, 2.05) is 0 Å². The van der Waals surface area contributed by atoms with Crippen molar-refractivity contribution in [1.82, 2.24) is 9.80 Å². The first-order valence-corrected chi connectivity index (χ1v) is 5.70. The first kappa shape index (κ1) is 15.5. The summed E-state index contributed by atoms with van der Waals surface area (Å²) in [6.45, 7) is 0.229. The number of esters is 1. The number of nitrogens with zero attached hydrogens (tertiary/aromatic N) is 2. The second kappa shape index (κ2) is 6.09. The maximum absolute atomic E-state index is 12.9. The van der Waals surface area contributed by atoms with Gasteiger partial charge in [0.1, 0.15) is 6.04 Å². The molecular weight excluding hydrogens is 269 g/mol. The van der Waals surface area contributed by atoms with Crippen molar-refractivity contribution in [3.8, 4) is 0 Å². The summed E-state index contributed by atoms with van der Waals surface area (Å²) in [6.07, 6.45) is -5.99. The number of carboxylic acid groups (broad SMARTS) is 1. The van der Waals surface area contributed by atoms with Gasteiger partial charge in [-0.25, -0.2) is 4.79 Å². The molecule has 0 aromatic rings. The molecule has 1 N–H and O–H groups in total. The lowest BCUT2D eigenvalue weighted by atomic mass is 10.1. The molecule has 1 aliphatic heterocycles. The van der Waals surface area contributed by atoms with Gasteiger partial charge in [-0.3, -0.25) is 9.69 Å². The van der Waals surface area contributed by atoms with Crippen molar-refractivity contribution in [3.05, 3.63) is 0 Å². The fourth-order valence-corrected chi connectivity index (χ4v) is 1.87. The van der Waals surface area contributed by atoms with E-state index < -0.39 is 37.4 Å². The van der Waals surface area contributed by atoms with Crippen molar-refractivity contribution in [2.75, 3.05) is 32.8 Å². The number of rotatable bonds is 3. The average molecular weight is 284 g/mol. The van der Waals surface area contributed by atoms with Gasteiger partial charge in [-0.15, -0.1) is 0 Å². The Kier molecular flexibility index (Phi) is 4.98. The molecular formula is C10H15F3N2O4. The zero-order chi connectivity index (χ0) is 14.6. The minimum absolute atomic E-state index is 0.0681. The largest absolute Gasteiger partial charge is 0.465 e. The van der Waals surface area contributed by atoms with Crippen LogP contribution in [0.1, 0.15) is 6.92 Å². The summed E-state index contributed by atoms with van der Waals surface area (Å²) in [5.41, 5.74) is 0. The van der Waals surface area contributed by atoms with Crippen LogP contribution in [0.2, 0.25) is 0 Å². The number of amides is 1. The van der Waals surface area contributed by atoms with Crippen LogP contribution in [0.15, 0.2) is 0 Å². The number of carbonyl (C=O) groups is 2. The molecule has 1 unspecified atom stereocenters. The van der Waals surface area contributed by atoms with Gasteiger partial charge >= 0.3 is 18.2 Å². The van der Waals surface area contributed by atoms with Crippen molar-refractivity contribution in [2.24, 2.45) is 0 Å². The minimum Gasteiger partial charge on any atom is -0.465 e. The summed E-state index contributed by atoms with van der Waals surface area (Å²) in [5.74, 6) is -0.750. The van der Waals surface area contributed by atoms with Crippen LogP contribution in [0.4, 0.5) is 18.0 Å². The Morgan fingerprint density at radius 1 is 1.37 bits per heavy atom. The van der Waals surface area contributed by atoms with E-state index in [0.717, 1.165) is 4.90 Å². The van der Waals surface area contributed by atoms with E-state index in [1.165, 1.54) is 0 Å². The number of halogens is 3. The van der Waals surface area contributed by atoms with Gasteiger partial charge in [0, 0.05) is 19.6 Å². The Morgan fingerprint density at radius 3 is 2.47 bits per heavy atom. The fourth-order valence-electron chi connectivity index (χ4n) is 1.87. The van der Waals surface area contributed by atoms with Crippen LogP contribution in [-0.4, -0.2) is 72.0 Å². The van der Waals surface area contributed by atoms with Gasteiger partial charge in [-0.2, -0.15) is 13.2 Å². The number of piperazine rings is 1. The summed E-state index contributed by atoms with van der Waals surface area (Å²) in [7, 11) is 0. The summed E-state index contributed by atoms with van der Waals surface area (Å²) in [4.78, 5) is 23.5. The molecule has 0 spiro atoms. The number of ether oxygens (including phenoxy) is 1. The highest BCUT2D eigenvalue weighted by Crippen LogP contribution is 2.27. The summed E-state index contributed by atoms with van der Waals surface area (Å²) in [6, 6.07) is -1.98. The smallest absolute Gasteiger partial charge is 0.407 e. The second-order valence-electron chi connectivity index (χ2n) is 4.06. The Labute approximate surface area is 107 Å². The molecule has 110 valence electrons. The average Bonchev–Trinajstić information content (AvgIpc) is 2.27. The predicted octanol–water partition coefficient (Wildman–Crippen LogP) is 0.776. The van der Waals surface area contributed by atoms with E-state index in [4.69, 9.17) is 5.11 Å². The van der Waals surface area contributed by atoms with Gasteiger partial charge in [0.25, 0.3) is 0 Å². The quantitative estimate of drug-likeness (QED) is 0.775. The molecule has 1 fully saturated rings. The number of hydrogen-bond acceptors (Lipinski definition) is 4. The van der Waals surface area contributed by atoms with Crippen molar-refractivity contribution >= 4 is 12.1 Å². The maximum Gasteiger partial charge on any atom is 0.407 e.